The average Bonchev–Trinajstić information content (AvgIpc) is 3.08. The molecular formula is C19H23F3N4O3. The Morgan fingerprint density at radius 2 is 1.90 bits per heavy atom. The zero-order chi connectivity index (χ0) is 21.8. The van der Waals surface area contributed by atoms with Gasteiger partial charge in [0.25, 0.3) is 5.91 Å². The van der Waals surface area contributed by atoms with Gasteiger partial charge in [0.15, 0.2) is 5.82 Å². The van der Waals surface area contributed by atoms with Crippen molar-refractivity contribution in [3.05, 3.63) is 48.0 Å². The summed E-state index contributed by atoms with van der Waals surface area (Å²) in [4.78, 5) is 29.8. The number of aromatic nitrogens is 2. The number of imidazole rings is 1. The number of carbonyl (C=O) groups is 2. The van der Waals surface area contributed by atoms with E-state index in [0.717, 1.165) is 10.8 Å². The summed E-state index contributed by atoms with van der Waals surface area (Å²) in [6, 6.07) is 5.90. The fourth-order valence-corrected chi connectivity index (χ4v) is 2.93. The molecule has 2 amide bonds. The second-order valence-corrected chi connectivity index (χ2v) is 6.50. The van der Waals surface area contributed by atoms with Crippen molar-refractivity contribution >= 4 is 17.5 Å². The van der Waals surface area contributed by atoms with Gasteiger partial charge < -0.3 is 19.9 Å². The molecule has 1 heterocycles. The lowest BCUT2D eigenvalue weighted by Crippen LogP contribution is -2.46. The number of halogens is 3. The molecule has 1 aromatic carbocycles. The van der Waals surface area contributed by atoms with E-state index in [1.54, 1.807) is 11.0 Å². The van der Waals surface area contributed by atoms with Crippen molar-refractivity contribution in [1.29, 1.82) is 0 Å². The highest BCUT2D eigenvalue weighted by atomic mass is 19.4. The van der Waals surface area contributed by atoms with Gasteiger partial charge in [-0.1, -0.05) is 6.07 Å². The maximum absolute atomic E-state index is 13.5. The Balaban J connectivity index is 2.23. The lowest BCUT2D eigenvalue weighted by Gasteiger charge is -2.29. The highest BCUT2D eigenvalue weighted by molar-refractivity contribution is 5.97. The predicted molar refractivity (Wildman–Crippen MR) is 100 cm³/mol. The van der Waals surface area contributed by atoms with Crippen LogP contribution in [0.2, 0.25) is 0 Å². The minimum absolute atomic E-state index is 0.150. The molecule has 0 aliphatic rings. The zero-order valence-electron chi connectivity index (χ0n) is 16.3. The number of amides is 2. The largest absolute Gasteiger partial charge is 0.425 e. The first-order chi connectivity index (χ1) is 13.5. The topological polar surface area (TPSA) is 87.5 Å². The lowest BCUT2D eigenvalue weighted by molar-refractivity contribution is -0.270. The van der Waals surface area contributed by atoms with Crippen LogP contribution in [0.15, 0.2) is 36.7 Å². The van der Waals surface area contributed by atoms with Crippen molar-refractivity contribution < 1.29 is 27.9 Å². The molecule has 2 aromatic rings. The Morgan fingerprint density at radius 1 is 1.24 bits per heavy atom. The summed E-state index contributed by atoms with van der Waals surface area (Å²) in [5.41, 5.74) is -3.01. The van der Waals surface area contributed by atoms with Crippen LogP contribution in [0.3, 0.4) is 0 Å². The first-order valence-electron chi connectivity index (χ1n) is 8.99. The molecular weight excluding hydrogens is 389 g/mol. The maximum Gasteiger partial charge on any atom is 0.425 e. The molecule has 0 fully saturated rings. The zero-order valence-corrected chi connectivity index (χ0v) is 16.3. The number of aliphatic hydroxyl groups is 1. The molecule has 0 saturated heterocycles. The van der Waals surface area contributed by atoms with E-state index in [1.165, 1.54) is 31.4 Å². The summed E-state index contributed by atoms with van der Waals surface area (Å²) in [6.07, 6.45) is -4.06. The highest BCUT2D eigenvalue weighted by Crippen LogP contribution is 2.40. The fourth-order valence-electron chi connectivity index (χ4n) is 2.93. The van der Waals surface area contributed by atoms with Crippen LogP contribution in [0.1, 0.15) is 36.5 Å². The monoisotopic (exact) mass is 412 g/mol. The molecule has 2 rings (SSSR count). The van der Waals surface area contributed by atoms with Crippen LogP contribution in [0.5, 0.6) is 0 Å². The minimum atomic E-state index is -5.12. The highest BCUT2D eigenvalue weighted by Gasteiger charge is 2.58. The van der Waals surface area contributed by atoms with E-state index in [1.807, 2.05) is 13.8 Å². The molecule has 10 heteroatoms. The Bertz CT molecular complexity index is 878. The molecule has 0 saturated carbocycles. The van der Waals surface area contributed by atoms with E-state index in [-0.39, 0.29) is 11.6 Å². The normalized spacial score (nSPS) is 13.6. The van der Waals surface area contributed by atoms with E-state index < -0.39 is 29.9 Å². The van der Waals surface area contributed by atoms with Crippen LogP contribution >= 0.6 is 0 Å². The minimum Gasteiger partial charge on any atom is -0.374 e. The molecule has 0 aliphatic carbocycles. The van der Waals surface area contributed by atoms with Gasteiger partial charge in [-0.05, 0) is 32.0 Å². The van der Waals surface area contributed by atoms with Crippen molar-refractivity contribution in [1.82, 2.24) is 14.5 Å². The van der Waals surface area contributed by atoms with Crippen LogP contribution in [-0.2, 0) is 17.4 Å². The molecule has 2 N–H and O–H groups in total. The Morgan fingerprint density at radius 3 is 2.41 bits per heavy atom. The van der Waals surface area contributed by atoms with Crippen molar-refractivity contribution in [3.63, 3.8) is 0 Å². The molecule has 0 spiro atoms. The van der Waals surface area contributed by atoms with Gasteiger partial charge in [-0.25, -0.2) is 4.98 Å². The van der Waals surface area contributed by atoms with Gasteiger partial charge in [0.2, 0.25) is 11.5 Å². The maximum atomic E-state index is 13.5. The molecule has 7 nitrogen and oxygen atoms in total. The van der Waals surface area contributed by atoms with Crippen molar-refractivity contribution in [2.24, 2.45) is 7.05 Å². The molecule has 1 unspecified atom stereocenters. The average molecular weight is 412 g/mol. The summed E-state index contributed by atoms with van der Waals surface area (Å²) in [5.74, 6) is -2.02. The molecule has 0 radical (unpaired) electrons. The SMILES string of the molecule is CCN(CC)C(=O)c1cccc(NC(=O)CC(O)(c2nccn2C)C(F)(F)F)c1. The van der Waals surface area contributed by atoms with Gasteiger partial charge in [0.1, 0.15) is 0 Å². The number of nitrogens with one attached hydrogen (secondary N) is 1. The molecule has 158 valence electrons. The first-order valence-corrected chi connectivity index (χ1v) is 8.99. The second kappa shape index (κ2) is 8.64. The van der Waals surface area contributed by atoms with Gasteiger partial charge in [-0.15, -0.1) is 0 Å². The van der Waals surface area contributed by atoms with Gasteiger partial charge in [-0.2, -0.15) is 13.2 Å². The smallest absolute Gasteiger partial charge is 0.374 e. The van der Waals surface area contributed by atoms with E-state index in [9.17, 15) is 27.9 Å². The van der Waals surface area contributed by atoms with E-state index in [0.29, 0.717) is 18.7 Å². The summed E-state index contributed by atoms with van der Waals surface area (Å²) in [6.45, 7) is 4.63. The molecule has 1 aromatic heterocycles. The number of rotatable bonds is 7. The van der Waals surface area contributed by atoms with Gasteiger partial charge >= 0.3 is 6.18 Å². The van der Waals surface area contributed by atoms with Crippen LogP contribution < -0.4 is 5.32 Å². The van der Waals surface area contributed by atoms with Crippen molar-refractivity contribution in [2.45, 2.75) is 32.0 Å². The third-order valence-corrected chi connectivity index (χ3v) is 4.52. The predicted octanol–water partition coefficient (Wildman–Crippen LogP) is 2.68. The number of aryl methyl sites for hydroxylation is 1. The third kappa shape index (κ3) is 4.76. The Hall–Kier alpha value is -2.88. The summed E-state index contributed by atoms with van der Waals surface area (Å²) >= 11 is 0. The third-order valence-electron chi connectivity index (χ3n) is 4.52. The Labute approximate surface area is 166 Å². The van der Waals surface area contributed by atoms with E-state index in [4.69, 9.17) is 0 Å². The van der Waals surface area contributed by atoms with Crippen LogP contribution in [0.4, 0.5) is 18.9 Å². The molecule has 0 bridgehead atoms. The summed E-state index contributed by atoms with van der Waals surface area (Å²) in [7, 11) is 1.29. The van der Waals surface area contributed by atoms with Crippen LogP contribution in [0, 0.1) is 0 Å². The number of anilines is 1. The van der Waals surface area contributed by atoms with E-state index in [2.05, 4.69) is 10.3 Å². The first kappa shape index (κ1) is 22.4. The van der Waals surface area contributed by atoms with Gasteiger partial charge in [0.05, 0.1) is 6.42 Å². The number of alkyl halides is 3. The number of benzene rings is 1. The van der Waals surface area contributed by atoms with Crippen LogP contribution in [0.25, 0.3) is 0 Å². The van der Waals surface area contributed by atoms with Crippen LogP contribution in [-0.4, -0.2) is 50.6 Å². The molecule has 1 atom stereocenters. The Kier molecular flexibility index (Phi) is 6.68. The molecule has 0 aliphatic heterocycles. The van der Waals surface area contributed by atoms with Gasteiger partial charge in [0, 0.05) is 43.8 Å². The van der Waals surface area contributed by atoms with Crippen molar-refractivity contribution in [2.75, 3.05) is 18.4 Å². The lowest BCUT2D eigenvalue weighted by atomic mass is 9.97. The second-order valence-electron chi connectivity index (χ2n) is 6.50. The quantitative estimate of drug-likeness (QED) is 0.732. The molecule has 29 heavy (non-hydrogen) atoms. The number of hydrogen-bond acceptors (Lipinski definition) is 4. The van der Waals surface area contributed by atoms with E-state index >= 15 is 0 Å². The fraction of sp³-hybridized carbons (Fsp3) is 0.421. The summed E-state index contributed by atoms with van der Waals surface area (Å²) < 4.78 is 41.7. The number of carbonyl (C=O) groups excluding carboxylic acids is 2. The van der Waals surface area contributed by atoms with Gasteiger partial charge in [-0.3, -0.25) is 9.59 Å². The standard InChI is InChI=1S/C19H23F3N4O3/c1-4-26(5-2)16(28)13-7-6-8-14(11-13)24-15(27)12-18(29,19(20,21)22)17-23-9-10-25(17)3/h6-11,29H,4-5,12H2,1-3H3,(H,24,27). The number of hydrogen-bond donors (Lipinski definition) is 2. The summed E-state index contributed by atoms with van der Waals surface area (Å²) in [5, 5.41) is 12.6. The van der Waals surface area contributed by atoms with Crippen molar-refractivity contribution in [3.8, 4) is 0 Å². The number of nitrogens with zero attached hydrogens (tertiary/aromatic N) is 3.